The highest BCUT2D eigenvalue weighted by molar-refractivity contribution is 6.32. The Morgan fingerprint density at radius 2 is 1.59 bits per heavy atom. The van der Waals surface area contributed by atoms with Gasteiger partial charge in [0.15, 0.2) is 11.5 Å². The largest absolute Gasteiger partial charge is 0.488 e. The highest BCUT2D eigenvalue weighted by Crippen LogP contribution is 2.38. The fourth-order valence-corrected chi connectivity index (χ4v) is 5.84. The van der Waals surface area contributed by atoms with Crippen LogP contribution >= 0.6 is 11.6 Å². The Labute approximate surface area is 264 Å². The van der Waals surface area contributed by atoms with E-state index in [2.05, 4.69) is 48.0 Å². The lowest BCUT2D eigenvalue weighted by Gasteiger charge is -2.32. The summed E-state index contributed by atoms with van der Waals surface area (Å²) in [6, 6.07) is 25.8. The zero-order chi connectivity index (χ0) is 30.5. The lowest BCUT2D eigenvalue weighted by atomic mass is 9.96. The number of nitrogens with zero attached hydrogens (tertiary/aromatic N) is 3. The van der Waals surface area contributed by atoms with Gasteiger partial charge in [-0.25, -0.2) is 0 Å². The van der Waals surface area contributed by atoms with Crippen LogP contribution in [0.3, 0.4) is 0 Å². The van der Waals surface area contributed by atoms with E-state index in [0.717, 1.165) is 83.4 Å². The molecule has 2 aliphatic heterocycles. The van der Waals surface area contributed by atoms with E-state index in [1.54, 1.807) is 6.07 Å². The predicted molar refractivity (Wildman–Crippen MR) is 172 cm³/mol. The van der Waals surface area contributed by atoms with E-state index >= 15 is 0 Å². The van der Waals surface area contributed by atoms with Gasteiger partial charge in [0.1, 0.15) is 37.9 Å². The van der Waals surface area contributed by atoms with Gasteiger partial charge >= 0.3 is 0 Å². The Morgan fingerprint density at radius 1 is 0.818 bits per heavy atom. The molecule has 0 unspecified atom stereocenters. The molecule has 0 aliphatic carbocycles. The van der Waals surface area contributed by atoms with Gasteiger partial charge in [-0.15, -0.1) is 0 Å². The maximum Gasteiger partial charge on any atom is 0.161 e. The normalized spacial score (nSPS) is 15.0. The van der Waals surface area contributed by atoms with Crippen LogP contribution in [0, 0.1) is 18.3 Å². The molecule has 7 nitrogen and oxygen atoms in total. The molecule has 8 heteroatoms. The molecular weight excluding hydrogens is 574 g/mol. The van der Waals surface area contributed by atoms with Crippen molar-refractivity contribution in [1.82, 2.24) is 9.80 Å². The number of fused-ring (bicyclic) bond motifs is 1. The molecule has 4 aromatic rings. The summed E-state index contributed by atoms with van der Waals surface area (Å²) in [6.07, 6.45) is 0. The molecular formula is C36H36ClN3O4. The number of benzene rings is 4. The van der Waals surface area contributed by atoms with Crippen LogP contribution in [0.15, 0.2) is 72.8 Å². The molecule has 0 amide bonds. The SMILES string of the molecule is Cc1c(COc2cc(OCc3cccc(C#N)c3)c(CN3CCN(C)CC3)cc2Cl)cccc1-c1ccc2c(c1)OCCO2. The van der Waals surface area contributed by atoms with Gasteiger partial charge in [-0.3, -0.25) is 4.90 Å². The molecule has 1 fully saturated rings. The highest BCUT2D eigenvalue weighted by Gasteiger charge is 2.19. The molecule has 44 heavy (non-hydrogen) atoms. The lowest BCUT2D eigenvalue weighted by Crippen LogP contribution is -2.43. The molecule has 0 N–H and O–H groups in total. The van der Waals surface area contributed by atoms with E-state index in [-0.39, 0.29) is 0 Å². The van der Waals surface area contributed by atoms with Crippen molar-refractivity contribution in [1.29, 1.82) is 5.26 Å². The van der Waals surface area contributed by atoms with Gasteiger partial charge in [-0.2, -0.15) is 5.26 Å². The fraction of sp³-hybridized carbons (Fsp3) is 0.306. The number of likely N-dealkylation sites (N-methyl/N-ethyl adjacent to an activating group) is 1. The molecule has 2 aliphatic rings. The third-order valence-electron chi connectivity index (χ3n) is 8.24. The van der Waals surface area contributed by atoms with Crippen LogP contribution in [0.25, 0.3) is 11.1 Å². The van der Waals surface area contributed by atoms with Crippen molar-refractivity contribution >= 4 is 11.6 Å². The molecule has 0 spiro atoms. The van der Waals surface area contributed by atoms with Crippen LogP contribution in [0.2, 0.25) is 5.02 Å². The molecule has 0 aromatic heterocycles. The van der Waals surface area contributed by atoms with Gasteiger partial charge in [-0.05, 0) is 72.1 Å². The summed E-state index contributed by atoms with van der Waals surface area (Å²) in [5.74, 6) is 2.84. The topological polar surface area (TPSA) is 67.2 Å². The summed E-state index contributed by atoms with van der Waals surface area (Å²) in [4.78, 5) is 4.76. The van der Waals surface area contributed by atoms with Crippen molar-refractivity contribution in [3.63, 3.8) is 0 Å². The second-order valence-corrected chi connectivity index (χ2v) is 11.7. The average molecular weight is 610 g/mol. The maximum atomic E-state index is 9.32. The van der Waals surface area contributed by atoms with Gasteiger partial charge < -0.3 is 23.8 Å². The standard InChI is InChI=1S/C36H36ClN3O4/c1-25-29(7-4-8-31(25)28-9-10-33-36(19-28)42-16-15-41-33)24-44-35-20-34(43-23-27-6-3-5-26(17-27)21-38)30(18-32(35)37)22-40-13-11-39(2)12-14-40/h3-10,17-20H,11-16,22-24H2,1-2H3. The first-order valence-corrected chi connectivity index (χ1v) is 15.3. The molecule has 0 bridgehead atoms. The third-order valence-corrected chi connectivity index (χ3v) is 8.53. The van der Waals surface area contributed by atoms with Gasteiger partial charge in [0.05, 0.1) is 16.7 Å². The van der Waals surface area contributed by atoms with E-state index in [9.17, 15) is 5.26 Å². The summed E-state index contributed by atoms with van der Waals surface area (Å²) < 4.78 is 24.2. The molecule has 2 heterocycles. The van der Waals surface area contributed by atoms with Crippen molar-refractivity contribution in [3.05, 3.63) is 106 Å². The maximum absolute atomic E-state index is 9.32. The van der Waals surface area contributed by atoms with E-state index in [1.807, 2.05) is 48.5 Å². The van der Waals surface area contributed by atoms with Crippen LogP contribution in [0.1, 0.15) is 27.8 Å². The monoisotopic (exact) mass is 609 g/mol. The minimum Gasteiger partial charge on any atom is -0.488 e. The summed E-state index contributed by atoms with van der Waals surface area (Å²) in [5.41, 5.74) is 6.92. The number of hydrogen-bond donors (Lipinski definition) is 0. The van der Waals surface area contributed by atoms with E-state index in [1.165, 1.54) is 0 Å². The van der Waals surface area contributed by atoms with Crippen LogP contribution in [-0.4, -0.2) is 56.2 Å². The van der Waals surface area contributed by atoms with Crippen molar-refractivity contribution in [2.45, 2.75) is 26.7 Å². The number of halogens is 1. The molecule has 1 saturated heterocycles. The molecule has 226 valence electrons. The lowest BCUT2D eigenvalue weighted by molar-refractivity contribution is 0.146. The number of ether oxygens (including phenoxy) is 4. The van der Waals surface area contributed by atoms with Gasteiger partial charge in [0, 0.05) is 44.4 Å². The van der Waals surface area contributed by atoms with E-state index in [0.29, 0.717) is 42.8 Å². The second kappa shape index (κ2) is 13.6. The van der Waals surface area contributed by atoms with Gasteiger partial charge in [0.25, 0.3) is 0 Å². The third kappa shape index (κ3) is 6.95. The van der Waals surface area contributed by atoms with Crippen LogP contribution in [-0.2, 0) is 19.8 Å². The first kappa shape index (κ1) is 29.8. The van der Waals surface area contributed by atoms with Gasteiger partial charge in [0.2, 0.25) is 0 Å². The highest BCUT2D eigenvalue weighted by atomic mass is 35.5. The number of nitriles is 1. The Morgan fingerprint density at radius 3 is 2.41 bits per heavy atom. The summed E-state index contributed by atoms with van der Waals surface area (Å²) in [5, 5.41) is 9.87. The first-order chi connectivity index (χ1) is 21.5. The van der Waals surface area contributed by atoms with Crippen molar-refractivity contribution in [2.75, 3.05) is 46.4 Å². The van der Waals surface area contributed by atoms with E-state index < -0.39 is 0 Å². The fourth-order valence-electron chi connectivity index (χ4n) is 5.60. The summed E-state index contributed by atoms with van der Waals surface area (Å²) in [6.45, 7) is 8.66. The molecule has 6 rings (SSSR count). The zero-order valence-corrected chi connectivity index (χ0v) is 25.9. The number of rotatable bonds is 9. The summed E-state index contributed by atoms with van der Waals surface area (Å²) in [7, 11) is 2.15. The van der Waals surface area contributed by atoms with Crippen molar-refractivity contribution < 1.29 is 18.9 Å². The molecule has 0 saturated carbocycles. The minimum absolute atomic E-state index is 0.336. The van der Waals surface area contributed by atoms with E-state index in [4.69, 9.17) is 30.5 Å². The summed E-state index contributed by atoms with van der Waals surface area (Å²) >= 11 is 6.83. The zero-order valence-electron chi connectivity index (χ0n) is 25.1. The Kier molecular flexibility index (Phi) is 9.23. The molecule has 0 radical (unpaired) electrons. The predicted octanol–water partition coefficient (Wildman–Crippen LogP) is 6.86. The van der Waals surface area contributed by atoms with Crippen LogP contribution in [0.5, 0.6) is 23.0 Å². The number of hydrogen-bond acceptors (Lipinski definition) is 7. The Balaban J connectivity index is 1.23. The first-order valence-electron chi connectivity index (χ1n) is 14.9. The second-order valence-electron chi connectivity index (χ2n) is 11.3. The van der Waals surface area contributed by atoms with Crippen molar-refractivity contribution in [3.8, 4) is 40.2 Å². The smallest absolute Gasteiger partial charge is 0.161 e. The van der Waals surface area contributed by atoms with Crippen LogP contribution in [0.4, 0.5) is 0 Å². The Hall–Kier alpha value is -4.22. The Bertz CT molecular complexity index is 1680. The van der Waals surface area contributed by atoms with Gasteiger partial charge in [-0.1, -0.05) is 48.0 Å². The van der Waals surface area contributed by atoms with Crippen LogP contribution < -0.4 is 18.9 Å². The molecule has 0 atom stereocenters. The number of piperazine rings is 1. The molecule has 4 aromatic carbocycles. The quantitative estimate of drug-likeness (QED) is 0.205. The minimum atomic E-state index is 0.336. The average Bonchev–Trinajstić information content (AvgIpc) is 3.05. The van der Waals surface area contributed by atoms with Crippen molar-refractivity contribution in [2.24, 2.45) is 0 Å².